The van der Waals surface area contributed by atoms with Gasteiger partial charge in [-0.1, -0.05) is 30.3 Å². The van der Waals surface area contributed by atoms with Crippen LogP contribution in [0, 0.1) is 0 Å². The highest BCUT2D eigenvalue weighted by molar-refractivity contribution is 7.09. The van der Waals surface area contributed by atoms with Crippen molar-refractivity contribution < 1.29 is 0 Å². The number of rotatable bonds is 3. The summed E-state index contributed by atoms with van der Waals surface area (Å²) < 4.78 is 0. The summed E-state index contributed by atoms with van der Waals surface area (Å²) in [4.78, 5) is 4.04. The summed E-state index contributed by atoms with van der Waals surface area (Å²) in [6.07, 6.45) is 2.72. The molecule has 3 nitrogen and oxygen atoms in total. The standard InChI is InChI=1S/C7H9N.C5H8N2S/c8-6-7-4-2-1-3-5-7;6-2-1-5-7-3-4-8-5/h1-5H,6,8H2;3-4H,1-2,6H2. The van der Waals surface area contributed by atoms with Crippen molar-refractivity contribution in [1.29, 1.82) is 0 Å². The number of hydrogen-bond donors (Lipinski definition) is 2. The maximum absolute atomic E-state index is 5.35. The van der Waals surface area contributed by atoms with E-state index in [0.717, 1.165) is 11.4 Å². The molecule has 0 spiro atoms. The average Bonchev–Trinajstić information content (AvgIpc) is 2.84. The molecule has 4 N–H and O–H groups in total. The summed E-state index contributed by atoms with van der Waals surface area (Å²) >= 11 is 1.66. The molecule has 1 aromatic heterocycles. The van der Waals surface area contributed by atoms with Gasteiger partial charge in [-0.15, -0.1) is 11.3 Å². The van der Waals surface area contributed by atoms with Gasteiger partial charge in [-0.3, -0.25) is 0 Å². The smallest absolute Gasteiger partial charge is 0.0937 e. The van der Waals surface area contributed by atoms with Gasteiger partial charge in [0.05, 0.1) is 5.01 Å². The summed E-state index contributed by atoms with van der Waals surface area (Å²) in [5.41, 5.74) is 11.8. The molecule has 16 heavy (non-hydrogen) atoms. The highest BCUT2D eigenvalue weighted by atomic mass is 32.1. The van der Waals surface area contributed by atoms with Crippen molar-refractivity contribution >= 4 is 11.3 Å². The molecule has 1 aromatic carbocycles. The van der Waals surface area contributed by atoms with E-state index < -0.39 is 0 Å². The van der Waals surface area contributed by atoms with Gasteiger partial charge in [0, 0.05) is 24.5 Å². The third-order valence-electron chi connectivity index (χ3n) is 1.92. The lowest BCUT2D eigenvalue weighted by atomic mass is 10.2. The van der Waals surface area contributed by atoms with Crippen molar-refractivity contribution in [2.24, 2.45) is 11.5 Å². The maximum Gasteiger partial charge on any atom is 0.0937 e. The number of nitrogens with two attached hydrogens (primary N) is 2. The van der Waals surface area contributed by atoms with E-state index in [2.05, 4.69) is 4.98 Å². The maximum atomic E-state index is 5.35. The van der Waals surface area contributed by atoms with Gasteiger partial charge < -0.3 is 11.5 Å². The second-order valence-electron chi connectivity index (χ2n) is 3.15. The van der Waals surface area contributed by atoms with Gasteiger partial charge >= 0.3 is 0 Å². The van der Waals surface area contributed by atoms with Gasteiger partial charge in [0.25, 0.3) is 0 Å². The minimum Gasteiger partial charge on any atom is -0.330 e. The third kappa shape index (κ3) is 5.02. The lowest BCUT2D eigenvalue weighted by molar-refractivity contribution is 0.953. The van der Waals surface area contributed by atoms with Crippen molar-refractivity contribution in [2.45, 2.75) is 13.0 Å². The highest BCUT2D eigenvalue weighted by Gasteiger charge is 1.89. The van der Waals surface area contributed by atoms with Crippen molar-refractivity contribution in [3.63, 3.8) is 0 Å². The number of benzene rings is 1. The van der Waals surface area contributed by atoms with E-state index in [0.29, 0.717) is 13.1 Å². The molecular formula is C12H17N3S. The monoisotopic (exact) mass is 235 g/mol. The second kappa shape index (κ2) is 7.98. The first kappa shape index (κ1) is 12.8. The molecule has 0 radical (unpaired) electrons. The van der Waals surface area contributed by atoms with Gasteiger partial charge in [0.2, 0.25) is 0 Å². The SMILES string of the molecule is NCCc1nccs1.NCc1ccccc1. The van der Waals surface area contributed by atoms with Gasteiger partial charge in [-0.25, -0.2) is 4.98 Å². The zero-order chi connectivity index (χ0) is 11.6. The van der Waals surface area contributed by atoms with Gasteiger partial charge in [-0.05, 0) is 12.1 Å². The van der Waals surface area contributed by atoms with Crippen molar-refractivity contribution in [3.05, 3.63) is 52.5 Å². The Bertz CT molecular complexity index is 359. The van der Waals surface area contributed by atoms with E-state index in [4.69, 9.17) is 11.5 Å². The molecule has 0 aliphatic heterocycles. The fourth-order valence-corrected chi connectivity index (χ4v) is 1.75. The first-order chi connectivity index (χ1) is 7.86. The van der Waals surface area contributed by atoms with E-state index in [9.17, 15) is 0 Å². The summed E-state index contributed by atoms with van der Waals surface area (Å²) in [5.74, 6) is 0. The Morgan fingerprint density at radius 2 is 1.88 bits per heavy atom. The molecule has 0 unspecified atom stereocenters. The fourth-order valence-electron chi connectivity index (χ4n) is 1.11. The summed E-state index contributed by atoms with van der Waals surface area (Å²) in [7, 11) is 0. The lowest BCUT2D eigenvalue weighted by Gasteiger charge is -1.90. The largest absolute Gasteiger partial charge is 0.330 e. The van der Waals surface area contributed by atoms with E-state index in [1.54, 1.807) is 17.5 Å². The van der Waals surface area contributed by atoms with Crippen LogP contribution in [-0.4, -0.2) is 11.5 Å². The van der Waals surface area contributed by atoms with Gasteiger partial charge in [0.15, 0.2) is 0 Å². The van der Waals surface area contributed by atoms with Crippen LogP contribution in [0.4, 0.5) is 0 Å². The molecule has 0 fully saturated rings. The van der Waals surface area contributed by atoms with Crippen LogP contribution in [0.2, 0.25) is 0 Å². The molecule has 86 valence electrons. The van der Waals surface area contributed by atoms with Crippen molar-refractivity contribution in [3.8, 4) is 0 Å². The number of nitrogens with zero attached hydrogens (tertiary/aromatic N) is 1. The fraction of sp³-hybridized carbons (Fsp3) is 0.250. The minimum absolute atomic E-state index is 0.640. The minimum atomic E-state index is 0.640. The van der Waals surface area contributed by atoms with Gasteiger partial charge in [-0.2, -0.15) is 0 Å². The van der Waals surface area contributed by atoms with E-state index in [1.165, 1.54) is 5.56 Å². The van der Waals surface area contributed by atoms with Crippen LogP contribution in [-0.2, 0) is 13.0 Å². The number of aromatic nitrogens is 1. The average molecular weight is 235 g/mol. The molecule has 0 saturated carbocycles. The topological polar surface area (TPSA) is 64.9 Å². The second-order valence-corrected chi connectivity index (χ2v) is 4.13. The third-order valence-corrected chi connectivity index (χ3v) is 2.76. The Labute approximate surface area is 100 Å². The van der Waals surface area contributed by atoms with Crippen LogP contribution >= 0.6 is 11.3 Å². The highest BCUT2D eigenvalue weighted by Crippen LogP contribution is 2.02. The quantitative estimate of drug-likeness (QED) is 0.852. The van der Waals surface area contributed by atoms with Crippen LogP contribution in [0.15, 0.2) is 41.9 Å². The lowest BCUT2D eigenvalue weighted by Crippen LogP contribution is -2.01. The summed E-state index contributed by atoms with van der Waals surface area (Å²) in [5, 5.41) is 3.10. The summed E-state index contributed by atoms with van der Waals surface area (Å²) in [6.45, 7) is 1.34. The predicted molar refractivity (Wildman–Crippen MR) is 69.2 cm³/mol. The Morgan fingerprint density at radius 1 is 1.12 bits per heavy atom. The summed E-state index contributed by atoms with van der Waals surface area (Å²) in [6, 6.07) is 9.99. The number of thiazole rings is 1. The zero-order valence-electron chi connectivity index (χ0n) is 9.17. The van der Waals surface area contributed by atoms with E-state index >= 15 is 0 Å². The molecule has 1 heterocycles. The Kier molecular flexibility index (Phi) is 6.41. The molecule has 0 atom stereocenters. The molecule has 2 rings (SSSR count). The molecule has 0 bridgehead atoms. The Hall–Kier alpha value is -1.23. The molecule has 0 saturated heterocycles. The van der Waals surface area contributed by atoms with E-state index in [1.807, 2.05) is 35.7 Å². The Balaban J connectivity index is 0.000000160. The molecule has 0 aliphatic carbocycles. The first-order valence-electron chi connectivity index (χ1n) is 5.19. The molecule has 2 aromatic rings. The van der Waals surface area contributed by atoms with Gasteiger partial charge in [0.1, 0.15) is 0 Å². The van der Waals surface area contributed by atoms with Crippen LogP contribution in [0.3, 0.4) is 0 Å². The number of hydrogen-bond acceptors (Lipinski definition) is 4. The first-order valence-corrected chi connectivity index (χ1v) is 6.07. The molecular weight excluding hydrogens is 218 g/mol. The van der Waals surface area contributed by atoms with Crippen LogP contribution in [0.25, 0.3) is 0 Å². The van der Waals surface area contributed by atoms with Crippen molar-refractivity contribution in [1.82, 2.24) is 4.98 Å². The van der Waals surface area contributed by atoms with Crippen LogP contribution < -0.4 is 11.5 Å². The molecule has 0 amide bonds. The van der Waals surface area contributed by atoms with E-state index in [-0.39, 0.29) is 0 Å². The predicted octanol–water partition coefficient (Wildman–Crippen LogP) is 1.79. The Morgan fingerprint density at radius 3 is 2.31 bits per heavy atom. The molecule has 4 heteroatoms. The van der Waals surface area contributed by atoms with Crippen LogP contribution in [0.1, 0.15) is 10.6 Å². The zero-order valence-corrected chi connectivity index (χ0v) is 9.99. The normalized spacial score (nSPS) is 9.38. The van der Waals surface area contributed by atoms with Crippen molar-refractivity contribution in [2.75, 3.05) is 6.54 Å². The molecule has 0 aliphatic rings. The van der Waals surface area contributed by atoms with Crippen LogP contribution in [0.5, 0.6) is 0 Å².